The van der Waals surface area contributed by atoms with Crippen LogP contribution < -0.4 is 10.6 Å². The number of allylic oxidation sites excluding steroid dienone is 2. The van der Waals surface area contributed by atoms with Crippen molar-refractivity contribution in [2.24, 2.45) is 0 Å². The number of Topliss-reactive ketones (excluding diaryl/α,β-unsaturated/α-hetero) is 1. The second kappa shape index (κ2) is 9.15. The molecule has 0 bridgehead atoms. The van der Waals surface area contributed by atoms with Crippen molar-refractivity contribution < 1.29 is 14.4 Å². The van der Waals surface area contributed by atoms with Gasteiger partial charge < -0.3 is 10.6 Å². The van der Waals surface area contributed by atoms with Gasteiger partial charge in [0.2, 0.25) is 11.8 Å². The van der Waals surface area contributed by atoms with Crippen LogP contribution in [0.15, 0.2) is 59.7 Å². The summed E-state index contributed by atoms with van der Waals surface area (Å²) in [6.45, 7) is 2.94. The van der Waals surface area contributed by atoms with Crippen LogP contribution in [0.2, 0.25) is 0 Å². The van der Waals surface area contributed by atoms with E-state index in [4.69, 9.17) is 0 Å². The van der Waals surface area contributed by atoms with Crippen molar-refractivity contribution in [3.63, 3.8) is 0 Å². The molecular formula is C24H24N2O3. The van der Waals surface area contributed by atoms with Crippen LogP contribution in [-0.2, 0) is 14.4 Å². The molecule has 148 valence electrons. The van der Waals surface area contributed by atoms with Crippen LogP contribution in [0.3, 0.4) is 0 Å². The van der Waals surface area contributed by atoms with Crippen molar-refractivity contribution in [3.8, 4) is 0 Å². The van der Waals surface area contributed by atoms with Gasteiger partial charge in [0.1, 0.15) is 0 Å². The summed E-state index contributed by atoms with van der Waals surface area (Å²) in [7, 11) is 0. The molecule has 2 aromatic rings. The summed E-state index contributed by atoms with van der Waals surface area (Å²) in [5.41, 5.74) is 4.93. The Morgan fingerprint density at radius 2 is 1.10 bits per heavy atom. The number of carbonyl (C=O) groups is 3. The highest BCUT2D eigenvalue weighted by molar-refractivity contribution is 6.14. The van der Waals surface area contributed by atoms with Crippen LogP contribution in [0.25, 0.3) is 12.2 Å². The van der Waals surface area contributed by atoms with E-state index in [0.29, 0.717) is 0 Å². The average molecular weight is 388 g/mol. The second-order valence-electron chi connectivity index (χ2n) is 7.13. The molecule has 5 nitrogen and oxygen atoms in total. The fourth-order valence-corrected chi connectivity index (χ4v) is 3.31. The number of hydrogen-bond donors (Lipinski definition) is 2. The molecule has 0 spiro atoms. The molecule has 0 radical (unpaired) electrons. The van der Waals surface area contributed by atoms with E-state index < -0.39 is 0 Å². The Bertz CT molecular complexity index is 904. The van der Waals surface area contributed by atoms with Crippen molar-refractivity contribution in [1.82, 2.24) is 0 Å². The predicted octanol–water partition coefficient (Wildman–Crippen LogP) is 4.82. The van der Waals surface area contributed by atoms with E-state index in [0.717, 1.165) is 52.9 Å². The molecular weight excluding hydrogens is 364 g/mol. The molecule has 0 saturated heterocycles. The third-order valence-corrected chi connectivity index (χ3v) is 4.62. The normalized spacial score (nSPS) is 16.7. The standard InChI is InChI=1S/C24H24N2O3/c1-16(27)25-22-10-6-18(7-11-22)14-20-4-3-5-21(24(20)29)15-19-8-12-23(13-9-19)26-17(2)28/h6-15H,3-5H2,1-2H3,(H,25,27)(H,26,28). The quantitative estimate of drug-likeness (QED) is 0.737. The lowest BCUT2D eigenvalue weighted by atomic mass is 9.87. The van der Waals surface area contributed by atoms with Gasteiger partial charge in [-0.15, -0.1) is 0 Å². The summed E-state index contributed by atoms with van der Waals surface area (Å²) < 4.78 is 0. The maximum Gasteiger partial charge on any atom is 0.221 e. The minimum absolute atomic E-state index is 0.0770. The van der Waals surface area contributed by atoms with Crippen molar-refractivity contribution in [3.05, 3.63) is 70.8 Å². The van der Waals surface area contributed by atoms with Crippen molar-refractivity contribution in [2.75, 3.05) is 10.6 Å². The zero-order valence-electron chi connectivity index (χ0n) is 16.6. The number of benzene rings is 2. The van der Waals surface area contributed by atoms with Crippen molar-refractivity contribution in [2.45, 2.75) is 33.1 Å². The third kappa shape index (κ3) is 5.75. The van der Waals surface area contributed by atoms with Gasteiger partial charge in [-0.3, -0.25) is 14.4 Å². The SMILES string of the molecule is CC(=O)Nc1ccc(C=C2CCCC(=Cc3ccc(NC(C)=O)cc3)C2=O)cc1. The first-order valence-corrected chi connectivity index (χ1v) is 9.62. The van der Waals surface area contributed by atoms with Gasteiger partial charge in [0.05, 0.1) is 0 Å². The molecule has 3 rings (SSSR count). The number of carbonyl (C=O) groups excluding carboxylic acids is 3. The van der Waals surface area contributed by atoms with Crippen LogP contribution in [0.5, 0.6) is 0 Å². The van der Waals surface area contributed by atoms with Gasteiger partial charge in [0.15, 0.2) is 5.78 Å². The van der Waals surface area contributed by atoms with E-state index in [9.17, 15) is 14.4 Å². The summed E-state index contributed by atoms with van der Waals surface area (Å²) in [5, 5.41) is 5.47. The zero-order valence-corrected chi connectivity index (χ0v) is 16.6. The summed E-state index contributed by atoms with van der Waals surface area (Å²) >= 11 is 0. The van der Waals surface area contributed by atoms with E-state index in [2.05, 4.69) is 10.6 Å². The number of rotatable bonds is 4. The lowest BCUT2D eigenvalue weighted by Gasteiger charge is -2.17. The molecule has 1 aliphatic rings. The van der Waals surface area contributed by atoms with Crippen LogP contribution in [0, 0.1) is 0 Å². The number of hydrogen-bond acceptors (Lipinski definition) is 3. The summed E-state index contributed by atoms with van der Waals surface area (Å²) in [6.07, 6.45) is 6.28. The zero-order chi connectivity index (χ0) is 20.8. The second-order valence-corrected chi connectivity index (χ2v) is 7.13. The van der Waals surface area contributed by atoms with E-state index in [-0.39, 0.29) is 17.6 Å². The molecule has 2 aromatic carbocycles. The van der Waals surface area contributed by atoms with Gasteiger partial charge in [-0.2, -0.15) is 0 Å². The first-order chi connectivity index (χ1) is 13.9. The third-order valence-electron chi connectivity index (χ3n) is 4.62. The minimum Gasteiger partial charge on any atom is -0.326 e. The Labute approximate surface area is 170 Å². The summed E-state index contributed by atoms with van der Waals surface area (Å²) in [6, 6.07) is 14.9. The van der Waals surface area contributed by atoms with Gasteiger partial charge in [-0.1, -0.05) is 24.3 Å². The first kappa shape index (κ1) is 20.3. The maximum absolute atomic E-state index is 12.9. The molecule has 2 N–H and O–H groups in total. The first-order valence-electron chi connectivity index (χ1n) is 9.62. The maximum atomic E-state index is 12.9. The van der Waals surface area contributed by atoms with Gasteiger partial charge in [-0.25, -0.2) is 0 Å². The van der Waals surface area contributed by atoms with Gasteiger partial charge >= 0.3 is 0 Å². The number of amides is 2. The average Bonchev–Trinajstić information content (AvgIpc) is 2.67. The monoisotopic (exact) mass is 388 g/mol. The molecule has 5 heteroatoms. The summed E-state index contributed by atoms with van der Waals surface area (Å²) in [4.78, 5) is 35.1. The van der Waals surface area contributed by atoms with E-state index >= 15 is 0 Å². The fraction of sp³-hybridized carbons (Fsp3) is 0.208. The Kier molecular flexibility index (Phi) is 6.39. The minimum atomic E-state index is -0.113. The van der Waals surface area contributed by atoms with Crippen LogP contribution in [-0.4, -0.2) is 17.6 Å². The predicted molar refractivity (Wildman–Crippen MR) is 116 cm³/mol. The molecule has 2 amide bonds. The molecule has 1 fully saturated rings. The fourth-order valence-electron chi connectivity index (χ4n) is 3.31. The molecule has 0 heterocycles. The highest BCUT2D eigenvalue weighted by Gasteiger charge is 2.20. The van der Waals surface area contributed by atoms with Gasteiger partial charge in [0.25, 0.3) is 0 Å². The van der Waals surface area contributed by atoms with Crippen molar-refractivity contribution in [1.29, 1.82) is 0 Å². The Morgan fingerprint density at radius 1 is 0.724 bits per heavy atom. The highest BCUT2D eigenvalue weighted by Crippen LogP contribution is 2.28. The van der Waals surface area contributed by atoms with Crippen LogP contribution in [0.4, 0.5) is 11.4 Å². The largest absolute Gasteiger partial charge is 0.326 e. The Hall–Kier alpha value is -3.47. The van der Waals surface area contributed by atoms with Crippen molar-refractivity contribution >= 4 is 41.1 Å². The highest BCUT2D eigenvalue weighted by atomic mass is 16.2. The van der Waals surface area contributed by atoms with E-state index in [1.165, 1.54) is 13.8 Å². The Balaban J connectivity index is 1.75. The Morgan fingerprint density at radius 3 is 1.45 bits per heavy atom. The van der Waals surface area contributed by atoms with E-state index in [1.807, 2.05) is 60.7 Å². The topological polar surface area (TPSA) is 75.3 Å². The number of ketones is 1. The molecule has 0 unspecified atom stereocenters. The van der Waals surface area contributed by atoms with Crippen LogP contribution >= 0.6 is 0 Å². The van der Waals surface area contributed by atoms with Crippen LogP contribution in [0.1, 0.15) is 44.2 Å². The van der Waals surface area contributed by atoms with Gasteiger partial charge in [-0.05, 0) is 66.8 Å². The molecule has 0 atom stereocenters. The molecule has 0 aromatic heterocycles. The summed E-state index contributed by atoms with van der Waals surface area (Å²) in [5.74, 6) is -0.148. The molecule has 1 saturated carbocycles. The smallest absolute Gasteiger partial charge is 0.221 e. The lowest BCUT2D eigenvalue weighted by molar-refractivity contribution is -0.115. The van der Waals surface area contributed by atoms with Gasteiger partial charge in [0, 0.05) is 36.4 Å². The molecule has 1 aliphatic carbocycles. The molecule has 0 aliphatic heterocycles. The van der Waals surface area contributed by atoms with E-state index in [1.54, 1.807) is 0 Å². The number of anilines is 2. The lowest BCUT2D eigenvalue weighted by Crippen LogP contribution is -2.12. The molecule has 29 heavy (non-hydrogen) atoms. The number of nitrogens with one attached hydrogen (secondary N) is 2.